The molecule has 0 bridgehead atoms. The monoisotopic (exact) mass is 282 g/mol. The van der Waals surface area contributed by atoms with Gasteiger partial charge in [-0.3, -0.25) is 9.80 Å². The van der Waals surface area contributed by atoms with Crippen molar-refractivity contribution in [3.8, 4) is 0 Å². The summed E-state index contributed by atoms with van der Waals surface area (Å²) in [6, 6.07) is 1.81. The molecule has 1 fully saturated rings. The van der Waals surface area contributed by atoms with Crippen molar-refractivity contribution in [2.75, 3.05) is 39.3 Å². The van der Waals surface area contributed by atoms with Crippen LogP contribution in [0.15, 0.2) is 10.5 Å². The predicted molar refractivity (Wildman–Crippen MR) is 73.8 cm³/mol. The number of carbonyl (C=O) groups is 1. The zero-order valence-corrected chi connectivity index (χ0v) is 11.8. The maximum Gasteiger partial charge on any atom is 0.372 e. The first kappa shape index (κ1) is 15.0. The number of carboxylic acid groups (broad SMARTS) is 1. The molecule has 6 heteroatoms. The highest BCUT2D eigenvalue weighted by molar-refractivity contribution is 5.86. The van der Waals surface area contributed by atoms with Crippen molar-refractivity contribution in [3.63, 3.8) is 0 Å². The number of aliphatic hydroxyl groups excluding tert-OH is 1. The molecule has 1 saturated heterocycles. The van der Waals surface area contributed by atoms with Crippen molar-refractivity contribution in [2.45, 2.75) is 19.9 Å². The van der Waals surface area contributed by atoms with E-state index in [0.717, 1.165) is 39.1 Å². The first-order valence-corrected chi connectivity index (χ1v) is 6.98. The number of hydrogen-bond acceptors (Lipinski definition) is 5. The van der Waals surface area contributed by atoms with E-state index in [-0.39, 0.29) is 12.4 Å². The fraction of sp³-hybridized carbons (Fsp3) is 0.643. The zero-order chi connectivity index (χ0) is 14.5. The Morgan fingerprint density at radius 2 is 2.00 bits per heavy atom. The van der Waals surface area contributed by atoms with Crippen LogP contribution >= 0.6 is 0 Å². The van der Waals surface area contributed by atoms with Gasteiger partial charge in [0.2, 0.25) is 5.76 Å². The Morgan fingerprint density at radius 1 is 1.30 bits per heavy atom. The van der Waals surface area contributed by atoms with Crippen LogP contribution in [0.5, 0.6) is 0 Å². The Balaban J connectivity index is 1.93. The number of furan rings is 1. The van der Waals surface area contributed by atoms with E-state index < -0.39 is 5.97 Å². The van der Waals surface area contributed by atoms with Gasteiger partial charge in [-0.05, 0) is 32.5 Å². The number of carboxylic acids is 1. The van der Waals surface area contributed by atoms with Crippen LogP contribution in [-0.2, 0) is 6.54 Å². The summed E-state index contributed by atoms with van der Waals surface area (Å²) < 4.78 is 5.40. The Hall–Kier alpha value is -1.37. The molecular formula is C14H22N2O4. The van der Waals surface area contributed by atoms with Gasteiger partial charge in [0.25, 0.3) is 0 Å². The molecule has 0 aromatic carbocycles. The average molecular weight is 282 g/mol. The average Bonchev–Trinajstić information content (AvgIpc) is 2.62. The SMILES string of the molecule is Cc1cc(CN2CCCN(CCO)CC2)oc1C(=O)O. The highest BCUT2D eigenvalue weighted by Crippen LogP contribution is 2.17. The quantitative estimate of drug-likeness (QED) is 0.831. The van der Waals surface area contributed by atoms with Crippen molar-refractivity contribution in [1.29, 1.82) is 0 Å². The van der Waals surface area contributed by atoms with Crippen LogP contribution in [0.1, 0.15) is 28.3 Å². The summed E-state index contributed by atoms with van der Waals surface area (Å²) >= 11 is 0. The van der Waals surface area contributed by atoms with Gasteiger partial charge in [0.05, 0.1) is 13.2 Å². The van der Waals surface area contributed by atoms with Gasteiger partial charge in [-0.1, -0.05) is 0 Å². The van der Waals surface area contributed by atoms with Crippen LogP contribution in [0.2, 0.25) is 0 Å². The van der Waals surface area contributed by atoms with Gasteiger partial charge >= 0.3 is 5.97 Å². The minimum Gasteiger partial charge on any atom is -0.475 e. The summed E-state index contributed by atoms with van der Waals surface area (Å²) in [5.41, 5.74) is 0.671. The summed E-state index contributed by atoms with van der Waals surface area (Å²) in [6.45, 7) is 7.09. The fourth-order valence-corrected chi connectivity index (χ4v) is 2.61. The van der Waals surface area contributed by atoms with E-state index in [9.17, 15) is 4.79 Å². The summed E-state index contributed by atoms with van der Waals surface area (Å²) in [5, 5.41) is 18.0. The number of aliphatic hydroxyl groups is 1. The number of aryl methyl sites for hydroxylation is 1. The highest BCUT2D eigenvalue weighted by atomic mass is 16.4. The van der Waals surface area contributed by atoms with Crippen LogP contribution in [0, 0.1) is 6.92 Å². The first-order chi connectivity index (χ1) is 9.60. The van der Waals surface area contributed by atoms with Gasteiger partial charge in [-0.2, -0.15) is 0 Å². The fourth-order valence-electron chi connectivity index (χ4n) is 2.61. The van der Waals surface area contributed by atoms with Crippen molar-refractivity contribution in [2.24, 2.45) is 0 Å². The van der Waals surface area contributed by atoms with Crippen LogP contribution in [0.4, 0.5) is 0 Å². The van der Waals surface area contributed by atoms with Crippen molar-refractivity contribution >= 4 is 5.97 Å². The Labute approximate surface area is 118 Å². The van der Waals surface area contributed by atoms with E-state index in [1.165, 1.54) is 0 Å². The summed E-state index contributed by atoms with van der Waals surface area (Å²) in [5.74, 6) is -0.272. The van der Waals surface area contributed by atoms with Gasteiger partial charge < -0.3 is 14.6 Å². The largest absolute Gasteiger partial charge is 0.475 e. The van der Waals surface area contributed by atoms with E-state index in [1.54, 1.807) is 13.0 Å². The van der Waals surface area contributed by atoms with Crippen molar-refractivity contribution in [3.05, 3.63) is 23.2 Å². The molecule has 0 amide bonds. The number of β-amino-alcohol motifs (C(OH)–C–C–N with tert-alkyl or cyclic N) is 1. The third kappa shape index (κ3) is 3.82. The minimum absolute atomic E-state index is 0.0386. The molecule has 0 spiro atoms. The maximum atomic E-state index is 11.0. The molecule has 1 aliphatic rings. The number of rotatable bonds is 5. The second-order valence-electron chi connectivity index (χ2n) is 5.22. The van der Waals surface area contributed by atoms with Crippen molar-refractivity contribution < 1.29 is 19.4 Å². The molecule has 0 radical (unpaired) electrons. The highest BCUT2D eigenvalue weighted by Gasteiger charge is 2.18. The molecular weight excluding hydrogens is 260 g/mol. The Kier molecular flexibility index (Phi) is 5.17. The van der Waals surface area contributed by atoms with Crippen LogP contribution in [-0.4, -0.2) is 65.3 Å². The molecule has 0 atom stereocenters. The minimum atomic E-state index is -1.02. The Bertz CT molecular complexity index is 458. The molecule has 1 aliphatic heterocycles. The number of aromatic carboxylic acids is 1. The first-order valence-electron chi connectivity index (χ1n) is 6.98. The lowest BCUT2D eigenvalue weighted by molar-refractivity contribution is 0.0657. The molecule has 1 aromatic rings. The smallest absolute Gasteiger partial charge is 0.372 e. The molecule has 1 aromatic heterocycles. The molecule has 2 rings (SSSR count). The molecule has 2 N–H and O–H groups in total. The van der Waals surface area contributed by atoms with Crippen LogP contribution < -0.4 is 0 Å². The topological polar surface area (TPSA) is 77.2 Å². The summed E-state index contributed by atoms with van der Waals surface area (Å²) in [4.78, 5) is 15.5. The normalized spacial score (nSPS) is 18.1. The van der Waals surface area contributed by atoms with Gasteiger partial charge in [0, 0.05) is 25.2 Å². The molecule has 0 saturated carbocycles. The van der Waals surface area contributed by atoms with Crippen molar-refractivity contribution in [1.82, 2.24) is 9.80 Å². The maximum absolute atomic E-state index is 11.0. The summed E-state index contributed by atoms with van der Waals surface area (Å²) in [7, 11) is 0. The zero-order valence-electron chi connectivity index (χ0n) is 11.8. The Morgan fingerprint density at radius 3 is 2.65 bits per heavy atom. The molecule has 6 nitrogen and oxygen atoms in total. The van der Waals surface area contributed by atoms with E-state index in [2.05, 4.69) is 9.80 Å². The summed E-state index contributed by atoms with van der Waals surface area (Å²) in [6.07, 6.45) is 1.05. The van der Waals surface area contributed by atoms with Gasteiger partial charge in [-0.25, -0.2) is 4.79 Å². The predicted octanol–water partition coefficient (Wildman–Crippen LogP) is 0.786. The van der Waals surface area contributed by atoms with Crippen LogP contribution in [0.25, 0.3) is 0 Å². The van der Waals surface area contributed by atoms with Crippen LogP contribution in [0.3, 0.4) is 0 Å². The molecule has 0 aliphatic carbocycles. The second-order valence-corrected chi connectivity index (χ2v) is 5.22. The van der Waals surface area contributed by atoms with E-state index in [0.29, 0.717) is 17.9 Å². The van der Waals surface area contributed by atoms with E-state index in [4.69, 9.17) is 14.6 Å². The number of nitrogens with zero attached hydrogens (tertiary/aromatic N) is 2. The second kappa shape index (κ2) is 6.88. The lowest BCUT2D eigenvalue weighted by atomic mass is 10.2. The standard InChI is InChI=1S/C14H22N2O4/c1-11-9-12(20-13(11)14(18)19)10-16-4-2-3-15(5-6-16)7-8-17/h9,17H,2-8,10H2,1H3,(H,18,19). The third-order valence-corrected chi connectivity index (χ3v) is 3.64. The molecule has 112 valence electrons. The molecule has 2 heterocycles. The molecule has 20 heavy (non-hydrogen) atoms. The number of hydrogen-bond donors (Lipinski definition) is 2. The van der Waals surface area contributed by atoms with E-state index in [1.807, 2.05) is 0 Å². The van der Waals surface area contributed by atoms with E-state index >= 15 is 0 Å². The lowest BCUT2D eigenvalue weighted by Crippen LogP contribution is -2.32. The lowest BCUT2D eigenvalue weighted by Gasteiger charge is -2.20. The van der Waals surface area contributed by atoms with Gasteiger partial charge in [-0.15, -0.1) is 0 Å². The third-order valence-electron chi connectivity index (χ3n) is 3.64. The molecule has 0 unspecified atom stereocenters. The van der Waals surface area contributed by atoms with Gasteiger partial charge in [0.1, 0.15) is 5.76 Å². The van der Waals surface area contributed by atoms with Gasteiger partial charge in [0.15, 0.2) is 0 Å².